The standard InChI is InChI=1S/C24H28N4OS/c1-24(2,3)20-11-9-18(10-12-20)22-25-26-23(27(22)4)30-16-21(29)28-14-13-17-7-5-6-8-19(17)15-28/h5-12H,13-16H2,1-4H3. The van der Waals surface area contributed by atoms with Crippen LogP contribution in [0, 0.1) is 0 Å². The number of hydrogen-bond acceptors (Lipinski definition) is 4. The molecular weight excluding hydrogens is 392 g/mol. The first-order valence-electron chi connectivity index (χ1n) is 10.3. The Morgan fingerprint density at radius 3 is 2.43 bits per heavy atom. The van der Waals surface area contributed by atoms with E-state index in [4.69, 9.17) is 0 Å². The first-order valence-corrected chi connectivity index (χ1v) is 11.3. The fraction of sp³-hybridized carbons (Fsp3) is 0.375. The van der Waals surface area contributed by atoms with E-state index < -0.39 is 0 Å². The van der Waals surface area contributed by atoms with Gasteiger partial charge in [-0.2, -0.15) is 0 Å². The van der Waals surface area contributed by atoms with Crippen LogP contribution < -0.4 is 0 Å². The number of benzene rings is 2. The van der Waals surface area contributed by atoms with Gasteiger partial charge >= 0.3 is 0 Å². The van der Waals surface area contributed by atoms with Gasteiger partial charge in [0.05, 0.1) is 5.75 Å². The highest BCUT2D eigenvalue weighted by atomic mass is 32.2. The summed E-state index contributed by atoms with van der Waals surface area (Å²) < 4.78 is 1.97. The van der Waals surface area contributed by atoms with Crippen LogP contribution in [0.4, 0.5) is 0 Å². The van der Waals surface area contributed by atoms with Crippen LogP contribution in [0.5, 0.6) is 0 Å². The topological polar surface area (TPSA) is 51.0 Å². The maximum absolute atomic E-state index is 12.7. The number of carbonyl (C=O) groups is 1. The smallest absolute Gasteiger partial charge is 0.233 e. The maximum Gasteiger partial charge on any atom is 0.233 e. The molecule has 1 amide bonds. The van der Waals surface area contributed by atoms with Crippen LogP contribution >= 0.6 is 11.8 Å². The molecule has 4 rings (SSSR count). The van der Waals surface area contributed by atoms with Gasteiger partial charge in [-0.05, 0) is 28.5 Å². The zero-order valence-corrected chi connectivity index (χ0v) is 18.9. The number of fused-ring (bicyclic) bond motifs is 1. The van der Waals surface area contributed by atoms with Crippen molar-refractivity contribution >= 4 is 17.7 Å². The number of hydrogen-bond donors (Lipinski definition) is 0. The molecule has 0 fully saturated rings. The molecule has 0 N–H and O–H groups in total. The van der Waals surface area contributed by atoms with Crippen molar-refractivity contribution in [3.05, 3.63) is 65.2 Å². The molecule has 0 unspecified atom stereocenters. The summed E-state index contributed by atoms with van der Waals surface area (Å²) in [5.74, 6) is 1.34. The van der Waals surface area contributed by atoms with Gasteiger partial charge in [0.2, 0.25) is 5.91 Å². The highest BCUT2D eigenvalue weighted by molar-refractivity contribution is 7.99. The van der Waals surface area contributed by atoms with Crippen molar-refractivity contribution in [3.63, 3.8) is 0 Å². The molecule has 1 aromatic heterocycles. The zero-order valence-electron chi connectivity index (χ0n) is 18.1. The van der Waals surface area contributed by atoms with Gasteiger partial charge in [0.25, 0.3) is 0 Å². The van der Waals surface area contributed by atoms with Crippen molar-refractivity contribution in [3.8, 4) is 11.4 Å². The molecule has 2 aromatic carbocycles. The lowest BCUT2D eigenvalue weighted by molar-refractivity contribution is -0.129. The minimum Gasteiger partial charge on any atom is -0.337 e. The monoisotopic (exact) mass is 420 g/mol. The summed E-state index contributed by atoms with van der Waals surface area (Å²) in [6.45, 7) is 8.09. The highest BCUT2D eigenvalue weighted by Gasteiger charge is 2.21. The number of thioether (sulfide) groups is 1. The van der Waals surface area contributed by atoms with Gasteiger partial charge in [0, 0.05) is 25.7 Å². The molecule has 156 valence electrons. The van der Waals surface area contributed by atoms with E-state index in [1.54, 1.807) is 0 Å². The molecule has 5 nitrogen and oxygen atoms in total. The molecule has 0 saturated heterocycles. The summed E-state index contributed by atoms with van der Waals surface area (Å²) in [6.07, 6.45) is 0.922. The quantitative estimate of drug-likeness (QED) is 0.585. The molecule has 0 bridgehead atoms. The Balaban J connectivity index is 1.41. The van der Waals surface area contributed by atoms with Gasteiger partial charge in [-0.15, -0.1) is 10.2 Å². The summed E-state index contributed by atoms with van der Waals surface area (Å²) in [5, 5.41) is 9.45. The van der Waals surface area contributed by atoms with Crippen molar-refractivity contribution in [1.29, 1.82) is 0 Å². The Morgan fingerprint density at radius 2 is 1.73 bits per heavy atom. The van der Waals surface area contributed by atoms with Crippen LogP contribution in [0.1, 0.15) is 37.5 Å². The third-order valence-corrected chi connectivity index (χ3v) is 6.66. The van der Waals surface area contributed by atoms with Gasteiger partial charge in [-0.25, -0.2) is 0 Å². The molecule has 2 heterocycles. The molecule has 0 atom stereocenters. The molecule has 30 heavy (non-hydrogen) atoms. The van der Waals surface area contributed by atoms with Crippen LogP contribution in [0.15, 0.2) is 53.7 Å². The second-order valence-electron chi connectivity index (χ2n) is 8.82. The normalized spacial score (nSPS) is 13.9. The van der Waals surface area contributed by atoms with Gasteiger partial charge in [0.15, 0.2) is 11.0 Å². The Labute approximate surface area is 182 Å². The van der Waals surface area contributed by atoms with Crippen molar-refractivity contribution in [2.75, 3.05) is 12.3 Å². The molecule has 1 aliphatic rings. The van der Waals surface area contributed by atoms with Crippen LogP contribution in [0.25, 0.3) is 11.4 Å². The van der Waals surface area contributed by atoms with E-state index in [0.29, 0.717) is 12.3 Å². The fourth-order valence-corrected chi connectivity index (χ4v) is 4.55. The van der Waals surface area contributed by atoms with E-state index in [1.165, 1.54) is 28.5 Å². The van der Waals surface area contributed by atoms with Gasteiger partial charge in [-0.1, -0.05) is 81.1 Å². The lowest BCUT2D eigenvalue weighted by atomic mass is 9.87. The molecule has 0 spiro atoms. The lowest BCUT2D eigenvalue weighted by Crippen LogP contribution is -2.37. The Kier molecular flexibility index (Phi) is 5.69. The summed E-state index contributed by atoms with van der Waals surface area (Å²) in [6, 6.07) is 16.8. The Morgan fingerprint density at radius 1 is 1.03 bits per heavy atom. The number of aromatic nitrogens is 3. The van der Waals surface area contributed by atoms with E-state index in [2.05, 4.69) is 73.4 Å². The average molecular weight is 421 g/mol. The van der Waals surface area contributed by atoms with Crippen LogP contribution in [0.3, 0.4) is 0 Å². The largest absolute Gasteiger partial charge is 0.337 e. The lowest BCUT2D eigenvalue weighted by Gasteiger charge is -2.28. The van der Waals surface area contributed by atoms with Gasteiger partial charge in [0.1, 0.15) is 0 Å². The van der Waals surface area contributed by atoms with Crippen molar-refractivity contribution in [2.24, 2.45) is 7.05 Å². The molecule has 0 aliphatic carbocycles. The molecule has 1 aliphatic heterocycles. The molecular formula is C24H28N4OS. The van der Waals surface area contributed by atoms with E-state index in [1.807, 2.05) is 22.6 Å². The number of nitrogens with zero attached hydrogens (tertiary/aromatic N) is 4. The average Bonchev–Trinajstić information content (AvgIpc) is 3.11. The Bertz CT molecular complexity index is 1050. The van der Waals surface area contributed by atoms with Gasteiger partial charge < -0.3 is 9.47 Å². The van der Waals surface area contributed by atoms with Crippen LogP contribution in [-0.4, -0.2) is 37.9 Å². The molecule has 0 radical (unpaired) electrons. The van der Waals surface area contributed by atoms with Crippen molar-refractivity contribution < 1.29 is 4.79 Å². The minimum atomic E-state index is 0.120. The van der Waals surface area contributed by atoms with Crippen molar-refractivity contribution in [2.45, 2.75) is 44.3 Å². The van der Waals surface area contributed by atoms with Crippen molar-refractivity contribution in [1.82, 2.24) is 19.7 Å². The van der Waals surface area contributed by atoms with Crippen LogP contribution in [-0.2, 0) is 30.2 Å². The molecule has 0 saturated carbocycles. The summed E-state index contributed by atoms with van der Waals surface area (Å²) in [7, 11) is 1.96. The predicted molar refractivity (Wildman–Crippen MR) is 121 cm³/mol. The Hall–Kier alpha value is -2.60. The number of amides is 1. The SMILES string of the molecule is Cn1c(SCC(=O)N2CCc3ccccc3C2)nnc1-c1ccc(C(C)(C)C)cc1. The number of carbonyl (C=O) groups excluding carboxylic acids is 1. The second-order valence-corrected chi connectivity index (χ2v) is 9.76. The fourth-order valence-electron chi connectivity index (χ4n) is 3.74. The molecule has 6 heteroatoms. The third kappa shape index (κ3) is 4.29. The zero-order chi connectivity index (χ0) is 21.3. The van der Waals surface area contributed by atoms with E-state index in [9.17, 15) is 4.79 Å². The first-order chi connectivity index (χ1) is 14.3. The van der Waals surface area contributed by atoms with E-state index in [-0.39, 0.29) is 11.3 Å². The van der Waals surface area contributed by atoms with Crippen LogP contribution in [0.2, 0.25) is 0 Å². The third-order valence-electron chi connectivity index (χ3n) is 5.65. The van der Waals surface area contributed by atoms with E-state index >= 15 is 0 Å². The highest BCUT2D eigenvalue weighted by Crippen LogP contribution is 2.27. The summed E-state index contributed by atoms with van der Waals surface area (Å²) in [4.78, 5) is 14.7. The first kappa shape index (κ1) is 20.7. The summed E-state index contributed by atoms with van der Waals surface area (Å²) >= 11 is 1.45. The maximum atomic E-state index is 12.7. The predicted octanol–water partition coefficient (Wildman–Crippen LogP) is 4.46. The van der Waals surface area contributed by atoms with E-state index in [0.717, 1.165) is 29.5 Å². The minimum absolute atomic E-state index is 0.120. The second kappa shape index (κ2) is 8.26. The number of rotatable bonds is 4. The van der Waals surface area contributed by atoms with Gasteiger partial charge in [-0.3, -0.25) is 4.79 Å². The summed E-state index contributed by atoms with van der Waals surface area (Å²) in [5.41, 5.74) is 5.04. The molecule has 3 aromatic rings.